The largest absolute Gasteiger partial charge is 0.392 e. The normalized spacial score (nSPS) is 14.1. The highest BCUT2D eigenvalue weighted by molar-refractivity contribution is 7.91. The standard InChI is InChI=1S/C12H21NO3S2/c1-8(2)5-11(14)7-13-18(15,16)12-6-9(3)10(4)17-12/h6,8,11,13-14H,5,7H2,1-4H3. The van der Waals surface area contributed by atoms with E-state index in [0.29, 0.717) is 16.5 Å². The highest BCUT2D eigenvalue weighted by Crippen LogP contribution is 2.24. The molecule has 0 radical (unpaired) electrons. The van der Waals surface area contributed by atoms with Gasteiger partial charge in [-0.15, -0.1) is 11.3 Å². The lowest BCUT2D eigenvalue weighted by atomic mass is 10.1. The number of hydrogen-bond donors (Lipinski definition) is 2. The average Bonchev–Trinajstić information content (AvgIpc) is 2.56. The summed E-state index contributed by atoms with van der Waals surface area (Å²) in [5.74, 6) is 0.343. The molecule has 0 aromatic carbocycles. The third kappa shape index (κ3) is 4.35. The van der Waals surface area contributed by atoms with Crippen molar-refractivity contribution >= 4 is 21.4 Å². The molecule has 0 aliphatic heterocycles. The van der Waals surface area contributed by atoms with Gasteiger partial charge in [0.05, 0.1) is 6.10 Å². The van der Waals surface area contributed by atoms with Crippen LogP contribution >= 0.6 is 11.3 Å². The van der Waals surface area contributed by atoms with Crippen LogP contribution in [0.2, 0.25) is 0 Å². The van der Waals surface area contributed by atoms with Crippen molar-refractivity contribution in [1.82, 2.24) is 4.72 Å². The third-order valence-corrected chi connectivity index (χ3v) is 5.71. The molecule has 104 valence electrons. The van der Waals surface area contributed by atoms with Gasteiger partial charge in [-0.05, 0) is 37.8 Å². The molecule has 1 atom stereocenters. The van der Waals surface area contributed by atoms with E-state index < -0.39 is 16.1 Å². The van der Waals surface area contributed by atoms with Gasteiger partial charge in [0.25, 0.3) is 0 Å². The number of hydrogen-bond acceptors (Lipinski definition) is 4. The molecule has 1 rings (SSSR count). The van der Waals surface area contributed by atoms with Gasteiger partial charge in [0.15, 0.2) is 0 Å². The van der Waals surface area contributed by atoms with E-state index >= 15 is 0 Å². The Bertz CT molecular complexity index is 472. The molecular weight excluding hydrogens is 270 g/mol. The van der Waals surface area contributed by atoms with E-state index in [2.05, 4.69) is 4.72 Å². The van der Waals surface area contributed by atoms with E-state index in [-0.39, 0.29) is 6.54 Å². The van der Waals surface area contributed by atoms with Crippen molar-refractivity contribution in [3.05, 3.63) is 16.5 Å². The molecule has 18 heavy (non-hydrogen) atoms. The van der Waals surface area contributed by atoms with Gasteiger partial charge in [0, 0.05) is 11.4 Å². The topological polar surface area (TPSA) is 66.4 Å². The molecule has 0 spiro atoms. The second-order valence-corrected chi connectivity index (χ2v) is 8.19. The molecule has 4 nitrogen and oxygen atoms in total. The molecule has 0 aliphatic rings. The Hall–Kier alpha value is -0.430. The predicted molar refractivity (Wildman–Crippen MR) is 74.4 cm³/mol. The van der Waals surface area contributed by atoms with Gasteiger partial charge in [-0.2, -0.15) is 0 Å². The number of rotatable bonds is 6. The molecule has 0 amide bonds. The van der Waals surface area contributed by atoms with Crippen molar-refractivity contribution in [3.63, 3.8) is 0 Å². The number of nitrogens with one attached hydrogen (secondary N) is 1. The van der Waals surface area contributed by atoms with E-state index in [1.165, 1.54) is 11.3 Å². The lowest BCUT2D eigenvalue weighted by Gasteiger charge is -2.13. The predicted octanol–water partition coefficient (Wildman–Crippen LogP) is 2.05. The van der Waals surface area contributed by atoms with Crippen molar-refractivity contribution in [3.8, 4) is 0 Å². The fourth-order valence-electron chi connectivity index (χ4n) is 1.58. The van der Waals surface area contributed by atoms with Crippen LogP contribution in [0.4, 0.5) is 0 Å². The highest BCUT2D eigenvalue weighted by Gasteiger charge is 2.19. The molecule has 0 saturated carbocycles. The summed E-state index contributed by atoms with van der Waals surface area (Å²) in [6.07, 6.45) is -0.0488. The molecule has 0 aliphatic carbocycles. The second-order valence-electron chi connectivity index (χ2n) is 4.94. The van der Waals surface area contributed by atoms with Crippen LogP contribution in [0, 0.1) is 19.8 Å². The van der Waals surface area contributed by atoms with Crippen molar-refractivity contribution < 1.29 is 13.5 Å². The smallest absolute Gasteiger partial charge is 0.250 e. The maximum atomic E-state index is 12.0. The molecule has 0 fully saturated rings. The summed E-state index contributed by atoms with van der Waals surface area (Å²) in [7, 11) is -3.48. The summed E-state index contributed by atoms with van der Waals surface area (Å²) in [6.45, 7) is 7.83. The Kier molecular flexibility index (Phi) is 5.33. The van der Waals surface area contributed by atoms with Gasteiger partial charge < -0.3 is 5.11 Å². The number of sulfonamides is 1. The Morgan fingerprint density at radius 1 is 1.39 bits per heavy atom. The first-order valence-corrected chi connectivity index (χ1v) is 8.27. The summed E-state index contributed by atoms with van der Waals surface area (Å²) >= 11 is 1.25. The zero-order valence-corrected chi connectivity index (χ0v) is 12.9. The molecule has 1 aromatic heterocycles. The Labute approximate surface area is 113 Å². The maximum Gasteiger partial charge on any atom is 0.250 e. The first kappa shape index (κ1) is 15.6. The quantitative estimate of drug-likeness (QED) is 0.843. The number of aliphatic hydroxyl groups is 1. The van der Waals surface area contributed by atoms with Gasteiger partial charge in [0.1, 0.15) is 4.21 Å². The van der Waals surface area contributed by atoms with Crippen LogP contribution in [-0.4, -0.2) is 26.2 Å². The molecule has 1 aromatic rings. The van der Waals surface area contributed by atoms with Gasteiger partial charge in [-0.1, -0.05) is 13.8 Å². The van der Waals surface area contributed by atoms with Crippen LogP contribution in [-0.2, 0) is 10.0 Å². The molecule has 2 N–H and O–H groups in total. The van der Waals surface area contributed by atoms with Crippen molar-refractivity contribution in [2.75, 3.05) is 6.54 Å². The van der Waals surface area contributed by atoms with Gasteiger partial charge in [-0.25, -0.2) is 13.1 Å². The van der Waals surface area contributed by atoms with Crippen LogP contribution in [0.25, 0.3) is 0 Å². The van der Waals surface area contributed by atoms with Crippen molar-refractivity contribution in [2.24, 2.45) is 5.92 Å². The monoisotopic (exact) mass is 291 g/mol. The Morgan fingerprint density at radius 3 is 2.44 bits per heavy atom. The number of aryl methyl sites for hydroxylation is 2. The first-order chi connectivity index (χ1) is 8.22. The van der Waals surface area contributed by atoms with E-state index in [9.17, 15) is 13.5 Å². The zero-order valence-electron chi connectivity index (χ0n) is 11.2. The summed E-state index contributed by atoms with van der Waals surface area (Å²) in [5, 5.41) is 9.67. The van der Waals surface area contributed by atoms with Gasteiger partial charge in [0.2, 0.25) is 10.0 Å². The van der Waals surface area contributed by atoms with E-state index in [1.54, 1.807) is 6.07 Å². The minimum Gasteiger partial charge on any atom is -0.392 e. The van der Waals surface area contributed by atoms with Crippen LogP contribution in [0.1, 0.15) is 30.7 Å². The molecular formula is C12H21NO3S2. The Morgan fingerprint density at radius 2 is 2.00 bits per heavy atom. The van der Waals surface area contributed by atoms with E-state index in [0.717, 1.165) is 10.4 Å². The van der Waals surface area contributed by atoms with Gasteiger partial charge >= 0.3 is 0 Å². The first-order valence-electron chi connectivity index (χ1n) is 5.97. The van der Waals surface area contributed by atoms with Crippen LogP contribution in [0.3, 0.4) is 0 Å². The van der Waals surface area contributed by atoms with Crippen molar-refractivity contribution in [2.45, 2.75) is 44.4 Å². The minimum absolute atomic E-state index is 0.0660. The molecule has 0 saturated heterocycles. The SMILES string of the molecule is Cc1cc(S(=O)(=O)NCC(O)CC(C)C)sc1C. The summed E-state index contributed by atoms with van der Waals surface area (Å²) < 4.78 is 26.7. The Balaban J connectivity index is 2.66. The van der Waals surface area contributed by atoms with E-state index in [4.69, 9.17) is 0 Å². The number of aliphatic hydroxyl groups excluding tert-OH is 1. The fraction of sp³-hybridized carbons (Fsp3) is 0.667. The zero-order chi connectivity index (χ0) is 13.9. The highest BCUT2D eigenvalue weighted by atomic mass is 32.2. The van der Waals surface area contributed by atoms with Crippen molar-refractivity contribution in [1.29, 1.82) is 0 Å². The second kappa shape index (κ2) is 6.14. The lowest BCUT2D eigenvalue weighted by Crippen LogP contribution is -2.32. The maximum absolute atomic E-state index is 12.0. The van der Waals surface area contributed by atoms with E-state index in [1.807, 2.05) is 27.7 Å². The summed E-state index contributed by atoms with van der Waals surface area (Å²) in [5.41, 5.74) is 0.975. The van der Waals surface area contributed by atoms with Crippen LogP contribution in [0.15, 0.2) is 10.3 Å². The molecule has 6 heteroatoms. The average molecular weight is 291 g/mol. The van der Waals surface area contributed by atoms with Crippen LogP contribution < -0.4 is 4.72 Å². The summed E-state index contributed by atoms with van der Waals surface area (Å²) in [4.78, 5) is 0.998. The molecule has 1 unspecified atom stereocenters. The third-order valence-electron chi connectivity index (χ3n) is 2.66. The molecule has 0 bridgehead atoms. The van der Waals surface area contributed by atoms with Gasteiger partial charge in [-0.3, -0.25) is 0 Å². The minimum atomic E-state index is -3.48. The summed E-state index contributed by atoms with van der Waals surface area (Å²) in [6, 6.07) is 1.66. The number of thiophene rings is 1. The van der Waals surface area contributed by atoms with Crippen LogP contribution in [0.5, 0.6) is 0 Å². The molecule has 1 heterocycles. The lowest BCUT2D eigenvalue weighted by molar-refractivity contribution is 0.152. The fourth-order valence-corrected chi connectivity index (χ4v) is 4.21.